The molecular weight excluding hydrogens is 262 g/mol. The molecule has 0 saturated carbocycles. The molecule has 0 spiro atoms. The number of nitrogens with zero attached hydrogens (tertiary/aromatic N) is 2. The summed E-state index contributed by atoms with van der Waals surface area (Å²) in [6.45, 7) is 5.04. The number of sulfone groups is 1. The third-order valence-electron chi connectivity index (χ3n) is 3.10. The lowest BCUT2D eigenvalue weighted by molar-refractivity contribution is 0.481. The van der Waals surface area contributed by atoms with E-state index in [0.29, 0.717) is 6.42 Å². The zero-order valence-corrected chi connectivity index (χ0v) is 13.1. The number of aromatic nitrogens is 2. The van der Waals surface area contributed by atoms with Gasteiger partial charge in [-0.3, -0.25) is 4.68 Å². The first-order valence-electron chi connectivity index (χ1n) is 6.81. The van der Waals surface area contributed by atoms with Crippen LogP contribution in [0.2, 0.25) is 0 Å². The molecule has 110 valence electrons. The number of hydrogen-bond donors (Lipinski definition) is 1. The Balaban J connectivity index is 2.85. The van der Waals surface area contributed by atoms with Crippen molar-refractivity contribution in [3.8, 4) is 0 Å². The minimum atomic E-state index is -2.93. The van der Waals surface area contributed by atoms with E-state index in [-0.39, 0.29) is 11.8 Å². The zero-order valence-electron chi connectivity index (χ0n) is 12.3. The second-order valence-corrected chi connectivity index (χ2v) is 7.22. The van der Waals surface area contributed by atoms with Crippen molar-refractivity contribution in [2.24, 2.45) is 7.05 Å². The molecular formula is C13H25N3O2S. The van der Waals surface area contributed by atoms with Crippen molar-refractivity contribution in [1.82, 2.24) is 15.1 Å². The predicted octanol–water partition coefficient (Wildman–Crippen LogP) is 1.46. The Hall–Kier alpha value is -0.880. The van der Waals surface area contributed by atoms with Crippen LogP contribution in [0.15, 0.2) is 6.07 Å². The molecule has 0 fully saturated rings. The Kier molecular flexibility index (Phi) is 6.00. The van der Waals surface area contributed by atoms with Crippen molar-refractivity contribution in [2.45, 2.75) is 39.2 Å². The predicted molar refractivity (Wildman–Crippen MR) is 77.9 cm³/mol. The highest BCUT2D eigenvalue weighted by Gasteiger charge is 2.18. The molecule has 1 aromatic heterocycles. The largest absolute Gasteiger partial charge is 0.309 e. The third-order valence-corrected chi connectivity index (χ3v) is 4.08. The highest BCUT2D eigenvalue weighted by molar-refractivity contribution is 7.90. The van der Waals surface area contributed by atoms with Crippen LogP contribution in [0, 0.1) is 0 Å². The average molecular weight is 287 g/mol. The van der Waals surface area contributed by atoms with Crippen LogP contribution in [0.4, 0.5) is 0 Å². The molecule has 0 amide bonds. The van der Waals surface area contributed by atoms with Crippen LogP contribution in [0.3, 0.4) is 0 Å². The fourth-order valence-corrected chi connectivity index (χ4v) is 2.71. The van der Waals surface area contributed by atoms with E-state index in [0.717, 1.165) is 30.8 Å². The van der Waals surface area contributed by atoms with Gasteiger partial charge in [-0.2, -0.15) is 5.10 Å². The molecule has 1 atom stereocenters. The molecule has 1 unspecified atom stereocenters. The summed E-state index contributed by atoms with van der Waals surface area (Å²) in [6.07, 6.45) is 3.78. The van der Waals surface area contributed by atoms with Gasteiger partial charge in [0, 0.05) is 13.3 Å². The van der Waals surface area contributed by atoms with Crippen molar-refractivity contribution in [2.75, 3.05) is 18.6 Å². The minimum Gasteiger partial charge on any atom is -0.309 e. The third kappa shape index (κ3) is 5.32. The quantitative estimate of drug-likeness (QED) is 0.786. The summed E-state index contributed by atoms with van der Waals surface area (Å²) in [4.78, 5) is 0. The Labute approximate surface area is 116 Å². The van der Waals surface area contributed by atoms with Gasteiger partial charge >= 0.3 is 0 Å². The Bertz CT molecular complexity index is 494. The Morgan fingerprint density at radius 1 is 1.42 bits per heavy atom. The maximum atomic E-state index is 11.3. The van der Waals surface area contributed by atoms with E-state index in [1.165, 1.54) is 6.26 Å². The van der Waals surface area contributed by atoms with Gasteiger partial charge in [0.1, 0.15) is 9.84 Å². The smallest absolute Gasteiger partial charge is 0.147 e. The van der Waals surface area contributed by atoms with Crippen LogP contribution in [0.25, 0.3) is 0 Å². The summed E-state index contributed by atoms with van der Waals surface area (Å²) in [5.41, 5.74) is 2.11. The van der Waals surface area contributed by atoms with E-state index in [1.54, 1.807) is 0 Å². The van der Waals surface area contributed by atoms with Gasteiger partial charge < -0.3 is 5.32 Å². The minimum absolute atomic E-state index is 0.0486. The van der Waals surface area contributed by atoms with Gasteiger partial charge in [0.15, 0.2) is 0 Å². The lowest BCUT2D eigenvalue weighted by Gasteiger charge is -2.18. The molecule has 1 N–H and O–H groups in total. The molecule has 6 heteroatoms. The summed E-state index contributed by atoms with van der Waals surface area (Å²) in [5, 5.41) is 7.84. The number of aryl methyl sites for hydroxylation is 2. The first kappa shape index (κ1) is 16.2. The van der Waals surface area contributed by atoms with Crippen molar-refractivity contribution in [3.63, 3.8) is 0 Å². The topological polar surface area (TPSA) is 64.0 Å². The molecule has 0 saturated heterocycles. The summed E-state index contributed by atoms with van der Waals surface area (Å²) < 4.78 is 24.5. The first-order valence-corrected chi connectivity index (χ1v) is 8.87. The van der Waals surface area contributed by atoms with Crippen LogP contribution in [0.1, 0.15) is 44.1 Å². The molecule has 19 heavy (non-hydrogen) atoms. The highest BCUT2D eigenvalue weighted by atomic mass is 32.2. The molecule has 5 nitrogen and oxygen atoms in total. The average Bonchev–Trinajstić information content (AvgIpc) is 2.70. The van der Waals surface area contributed by atoms with Crippen molar-refractivity contribution in [1.29, 1.82) is 0 Å². The molecule has 0 aromatic carbocycles. The van der Waals surface area contributed by atoms with Gasteiger partial charge in [-0.1, -0.05) is 13.8 Å². The molecule has 1 rings (SSSR count). The monoisotopic (exact) mass is 287 g/mol. The molecule has 0 radical (unpaired) electrons. The van der Waals surface area contributed by atoms with Crippen molar-refractivity contribution >= 4 is 9.84 Å². The second kappa shape index (κ2) is 7.05. The first-order chi connectivity index (χ1) is 8.87. The van der Waals surface area contributed by atoms with Crippen LogP contribution in [-0.2, 0) is 23.3 Å². The standard InChI is InChI=1S/C13H25N3O2S/c1-5-8-14-12(7-9-19(4,17)18)13-10-11(6-2)15-16(13)3/h10,12,14H,5-9H2,1-4H3. The van der Waals surface area contributed by atoms with Gasteiger partial charge in [0.2, 0.25) is 0 Å². The van der Waals surface area contributed by atoms with Crippen molar-refractivity contribution < 1.29 is 8.42 Å². The van der Waals surface area contributed by atoms with Gasteiger partial charge in [-0.25, -0.2) is 8.42 Å². The van der Waals surface area contributed by atoms with Gasteiger partial charge in [0.25, 0.3) is 0 Å². The summed E-state index contributed by atoms with van der Waals surface area (Å²) >= 11 is 0. The van der Waals surface area contributed by atoms with Crippen LogP contribution in [-0.4, -0.2) is 36.8 Å². The van der Waals surface area contributed by atoms with Crippen LogP contribution < -0.4 is 5.32 Å². The van der Waals surface area contributed by atoms with E-state index < -0.39 is 9.84 Å². The lowest BCUT2D eigenvalue weighted by Crippen LogP contribution is -2.26. The lowest BCUT2D eigenvalue weighted by atomic mass is 10.1. The number of hydrogen-bond acceptors (Lipinski definition) is 4. The van der Waals surface area contributed by atoms with E-state index in [4.69, 9.17) is 0 Å². The zero-order chi connectivity index (χ0) is 14.5. The molecule has 0 aliphatic heterocycles. The highest BCUT2D eigenvalue weighted by Crippen LogP contribution is 2.18. The fourth-order valence-electron chi connectivity index (χ4n) is 2.05. The Morgan fingerprint density at radius 3 is 2.58 bits per heavy atom. The maximum absolute atomic E-state index is 11.3. The van der Waals surface area contributed by atoms with Gasteiger partial charge in [0.05, 0.1) is 23.2 Å². The number of rotatable bonds is 8. The van der Waals surface area contributed by atoms with Crippen LogP contribution in [0.5, 0.6) is 0 Å². The van der Waals surface area contributed by atoms with Crippen molar-refractivity contribution in [3.05, 3.63) is 17.5 Å². The molecule has 0 aliphatic rings. The normalized spacial score (nSPS) is 13.7. The Morgan fingerprint density at radius 2 is 2.11 bits per heavy atom. The van der Waals surface area contributed by atoms with Crippen LogP contribution >= 0.6 is 0 Å². The van der Waals surface area contributed by atoms with E-state index in [9.17, 15) is 8.42 Å². The second-order valence-electron chi connectivity index (χ2n) is 4.96. The molecule has 0 aliphatic carbocycles. The maximum Gasteiger partial charge on any atom is 0.147 e. The van der Waals surface area contributed by atoms with E-state index >= 15 is 0 Å². The van der Waals surface area contributed by atoms with Gasteiger partial charge in [-0.15, -0.1) is 0 Å². The molecule has 0 bridgehead atoms. The van der Waals surface area contributed by atoms with Gasteiger partial charge in [-0.05, 0) is 31.9 Å². The van der Waals surface area contributed by atoms with E-state index in [2.05, 4.69) is 30.3 Å². The summed E-state index contributed by atoms with van der Waals surface area (Å²) in [5.74, 6) is 0.195. The fraction of sp³-hybridized carbons (Fsp3) is 0.769. The summed E-state index contributed by atoms with van der Waals surface area (Å²) in [6, 6.07) is 2.11. The number of nitrogens with one attached hydrogen (secondary N) is 1. The molecule has 1 heterocycles. The van der Waals surface area contributed by atoms with E-state index in [1.807, 2.05) is 11.7 Å². The molecule has 1 aromatic rings. The summed E-state index contributed by atoms with van der Waals surface area (Å²) in [7, 11) is -1.02. The SMILES string of the molecule is CCCNC(CCS(C)(=O)=O)c1cc(CC)nn1C.